The predicted octanol–water partition coefficient (Wildman–Crippen LogP) is -1.07. The van der Waals surface area contributed by atoms with E-state index in [2.05, 4.69) is 15.0 Å². The largest absolute Gasteiger partial charge is 0.396 e. The molecule has 0 aromatic carbocycles. The minimum Gasteiger partial charge on any atom is -0.396 e. The Labute approximate surface area is 120 Å². The molecule has 21 heavy (non-hydrogen) atoms. The quantitative estimate of drug-likeness (QED) is 0.554. The molecule has 2 fully saturated rings. The molecular weight excluding hydrogens is 274 g/mol. The van der Waals surface area contributed by atoms with Gasteiger partial charge in [0.1, 0.15) is 11.8 Å². The molecule has 0 amide bonds. The van der Waals surface area contributed by atoms with Gasteiger partial charge in [-0.3, -0.25) is 0 Å². The van der Waals surface area contributed by atoms with E-state index in [1.165, 1.54) is 6.33 Å². The van der Waals surface area contributed by atoms with E-state index in [1.54, 1.807) is 6.33 Å². The molecule has 2 saturated carbocycles. The molecule has 5 N–H and O–H groups in total. The highest BCUT2D eigenvalue weighted by Crippen LogP contribution is 2.55. The number of imidazole rings is 1. The van der Waals surface area contributed by atoms with Crippen LogP contribution in [-0.2, 0) is 0 Å². The van der Waals surface area contributed by atoms with Crippen molar-refractivity contribution in [1.29, 1.82) is 0 Å². The second-order valence-electron chi connectivity index (χ2n) is 5.96. The number of nitrogens with two attached hydrogens (primary N) is 1. The molecule has 0 unspecified atom stereocenters. The van der Waals surface area contributed by atoms with E-state index in [-0.39, 0.29) is 30.4 Å². The summed E-state index contributed by atoms with van der Waals surface area (Å²) in [5, 5.41) is 29.9. The second kappa shape index (κ2) is 4.36. The molecular formula is C13H17N5O3. The number of hydrogen-bond acceptors (Lipinski definition) is 7. The summed E-state index contributed by atoms with van der Waals surface area (Å²) in [5.41, 5.74) is 6.91. The van der Waals surface area contributed by atoms with Gasteiger partial charge in [-0.15, -0.1) is 0 Å². The summed E-state index contributed by atoms with van der Waals surface area (Å²) in [5.74, 6) is -0.0302. The summed E-state index contributed by atoms with van der Waals surface area (Å²) in [6.07, 6.45) is 2.15. The summed E-state index contributed by atoms with van der Waals surface area (Å²) in [7, 11) is 0. The third-order valence-electron chi connectivity index (χ3n) is 5.12. The van der Waals surface area contributed by atoms with Crippen molar-refractivity contribution >= 4 is 17.0 Å². The highest BCUT2D eigenvalue weighted by Gasteiger charge is 2.58. The van der Waals surface area contributed by atoms with E-state index in [1.807, 2.05) is 4.57 Å². The Hall–Kier alpha value is -1.77. The minimum absolute atomic E-state index is 0.0458. The maximum absolute atomic E-state index is 10.2. The number of aliphatic hydroxyl groups is 3. The van der Waals surface area contributed by atoms with Gasteiger partial charge in [0.25, 0.3) is 0 Å². The first-order valence-electron chi connectivity index (χ1n) is 7.03. The van der Waals surface area contributed by atoms with E-state index in [4.69, 9.17) is 5.73 Å². The Morgan fingerprint density at radius 3 is 2.71 bits per heavy atom. The van der Waals surface area contributed by atoms with E-state index in [9.17, 15) is 15.3 Å². The van der Waals surface area contributed by atoms with Crippen LogP contribution < -0.4 is 5.73 Å². The lowest BCUT2D eigenvalue weighted by atomic mass is 9.81. The normalized spacial score (nSPS) is 38.4. The van der Waals surface area contributed by atoms with Crippen molar-refractivity contribution in [2.75, 3.05) is 12.3 Å². The summed E-state index contributed by atoms with van der Waals surface area (Å²) >= 11 is 0. The van der Waals surface area contributed by atoms with E-state index in [0.29, 0.717) is 23.4 Å². The molecule has 2 aromatic rings. The third kappa shape index (κ3) is 1.57. The topological polar surface area (TPSA) is 130 Å². The molecule has 8 nitrogen and oxygen atoms in total. The number of anilines is 1. The maximum Gasteiger partial charge on any atom is 0.165 e. The van der Waals surface area contributed by atoms with Gasteiger partial charge in [-0.2, -0.15) is 0 Å². The smallest absolute Gasteiger partial charge is 0.165 e. The van der Waals surface area contributed by atoms with Gasteiger partial charge in [0.15, 0.2) is 11.5 Å². The Morgan fingerprint density at radius 1 is 1.19 bits per heavy atom. The molecule has 8 heteroatoms. The number of aromatic nitrogens is 4. The molecule has 4 rings (SSSR count). The van der Waals surface area contributed by atoms with Crippen LogP contribution in [0.1, 0.15) is 12.5 Å². The van der Waals surface area contributed by atoms with Crippen LogP contribution in [0.25, 0.3) is 11.2 Å². The number of hydrogen-bond donors (Lipinski definition) is 4. The van der Waals surface area contributed by atoms with Crippen molar-refractivity contribution in [3.8, 4) is 0 Å². The summed E-state index contributed by atoms with van der Waals surface area (Å²) in [6.45, 7) is -0.0458. The molecule has 2 aliphatic carbocycles. The van der Waals surface area contributed by atoms with Gasteiger partial charge >= 0.3 is 0 Å². The third-order valence-corrected chi connectivity index (χ3v) is 5.12. The Morgan fingerprint density at radius 2 is 1.95 bits per heavy atom. The second-order valence-corrected chi connectivity index (χ2v) is 5.96. The van der Waals surface area contributed by atoms with Crippen molar-refractivity contribution < 1.29 is 15.3 Å². The molecule has 0 radical (unpaired) electrons. The van der Waals surface area contributed by atoms with Crippen LogP contribution >= 0.6 is 0 Å². The van der Waals surface area contributed by atoms with E-state index in [0.717, 1.165) is 0 Å². The van der Waals surface area contributed by atoms with Gasteiger partial charge in [0, 0.05) is 24.5 Å². The average Bonchev–Trinajstić information content (AvgIpc) is 3.13. The van der Waals surface area contributed by atoms with Crippen molar-refractivity contribution in [1.82, 2.24) is 19.5 Å². The zero-order chi connectivity index (χ0) is 14.7. The van der Waals surface area contributed by atoms with Crippen LogP contribution in [0.15, 0.2) is 12.7 Å². The van der Waals surface area contributed by atoms with Gasteiger partial charge in [0.2, 0.25) is 0 Å². The van der Waals surface area contributed by atoms with Crippen molar-refractivity contribution in [2.24, 2.45) is 17.8 Å². The lowest BCUT2D eigenvalue weighted by Gasteiger charge is -2.36. The fourth-order valence-corrected chi connectivity index (χ4v) is 4.18. The van der Waals surface area contributed by atoms with Gasteiger partial charge in [0.05, 0.1) is 18.5 Å². The first kappa shape index (κ1) is 12.9. The number of rotatable bonds is 2. The molecule has 0 aliphatic heterocycles. The van der Waals surface area contributed by atoms with Crippen LogP contribution in [0.5, 0.6) is 0 Å². The Kier molecular flexibility index (Phi) is 2.69. The van der Waals surface area contributed by atoms with Crippen LogP contribution in [-0.4, -0.2) is 53.7 Å². The minimum atomic E-state index is -0.778. The molecule has 2 aliphatic rings. The first-order valence-corrected chi connectivity index (χ1v) is 7.03. The highest BCUT2D eigenvalue weighted by molar-refractivity contribution is 5.81. The predicted molar refractivity (Wildman–Crippen MR) is 73.0 cm³/mol. The maximum atomic E-state index is 10.2. The standard InChI is InChI=1S/C13H17N5O3/c14-12-8-13(16-3-15-12)18(4-17-8)9-6-1-5(7(9)2-19)10(20)11(6)21/h3-7,9-11,19-21H,1-2H2,(H2,14,15,16)/t5-,6+,7+,9+,10-,11+/m1/s1. The van der Waals surface area contributed by atoms with Crippen LogP contribution in [0.3, 0.4) is 0 Å². The lowest BCUT2D eigenvalue weighted by molar-refractivity contribution is -0.0621. The van der Waals surface area contributed by atoms with Gasteiger partial charge in [-0.1, -0.05) is 0 Å². The number of fused-ring (bicyclic) bond motifs is 3. The lowest BCUT2D eigenvalue weighted by Crippen LogP contribution is -2.44. The van der Waals surface area contributed by atoms with E-state index >= 15 is 0 Å². The molecule has 2 heterocycles. The fourth-order valence-electron chi connectivity index (χ4n) is 4.18. The summed E-state index contributed by atoms with van der Waals surface area (Å²) in [6, 6.07) is -0.141. The van der Waals surface area contributed by atoms with Gasteiger partial charge in [-0.25, -0.2) is 15.0 Å². The van der Waals surface area contributed by atoms with Crippen LogP contribution in [0.4, 0.5) is 5.82 Å². The fraction of sp³-hybridized carbons (Fsp3) is 0.615. The van der Waals surface area contributed by atoms with Crippen molar-refractivity contribution in [3.63, 3.8) is 0 Å². The molecule has 2 aromatic heterocycles. The van der Waals surface area contributed by atoms with Crippen LogP contribution in [0.2, 0.25) is 0 Å². The highest BCUT2D eigenvalue weighted by atomic mass is 16.3. The summed E-state index contributed by atoms with van der Waals surface area (Å²) in [4.78, 5) is 12.4. The molecule has 0 spiro atoms. The molecule has 112 valence electrons. The van der Waals surface area contributed by atoms with Crippen molar-refractivity contribution in [2.45, 2.75) is 24.7 Å². The average molecular weight is 291 g/mol. The first-order chi connectivity index (χ1) is 10.1. The van der Waals surface area contributed by atoms with Crippen molar-refractivity contribution in [3.05, 3.63) is 12.7 Å². The SMILES string of the molecule is Nc1ncnc2c1ncn2[C@H]1[C@@H]2C[C@@H]([C@@H](O)[C@H]2O)[C@@H]1CO. The zero-order valence-corrected chi connectivity index (χ0v) is 11.2. The number of nitrogen functional groups attached to an aromatic ring is 1. The Balaban J connectivity index is 1.83. The monoisotopic (exact) mass is 291 g/mol. The molecule has 0 saturated heterocycles. The summed E-state index contributed by atoms with van der Waals surface area (Å²) < 4.78 is 1.86. The molecule has 2 bridgehead atoms. The van der Waals surface area contributed by atoms with E-state index < -0.39 is 12.2 Å². The zero-order valence-electron chi connectivity index (χ0n) is 11.2. The number of aliphatic hydroxyl groups excluding tert-OH is 3. The van der Waals surface area contributed by atoms with Gasteiger partial charge in [-0.05, 0) is 12.3 Å². The van der Waals surface area contributed by atoms with Gasteiger partial charge < -0.3 is 25.6 Å². The molecule has 6 atom stereocenters. The van der Waals surface area contributed by atoms with Crippen LogP contribution in [0, 0.1) is 17.8 Å². The Bertz CT molecular complexity index is 687. The number of nitrogens with zero attached hydrogens (tertiary/aromatic N) is 4.